The van der Waals surface area contributed by atoms with Gasteiger partial charge in [-0.3, -0.25) is 10.1 Å². The number of amides is 3. The Hall–Kier alpha value is -2.57. The quantitative estimate of drug-likeness (QED) is 0.827. The Morgan fingerprint density at radius 2 is 1.96 bits per heavy atom. The van der Waals surface area contributed by atoms with Gasteiger partial charge in [0.2, 0.25) is 5.96 Å². The van der Waals surface area contributed by atoms with Gasteiger partial charge < -0.3 is 14.7 Å². The van der Waals surface area contributed by atoms with Gasteiger partial charge in [0.25, 0.3) is 5.91 Å². The predicted octanol–water partition coefficient (Wildman–Crippen LogP) is 0.671. The van der Waals surface area contributed by atoms with Gasteiger partial charge in [-0.2, -0.15) is 0 Å². The van der Waals surface area contributed by atoms with E-state index in [9.17, 15) is 9.59 Å². The molecular weight excluding hydrogens is 294 g/mol. The molecule has 1 N–H and O–H groups in total. The number of carbonyl (C=O) groups excluding carboxylic acids is 2. The van der Waals surface area contributed by atoms with Crippen LogP contribution in [0.5, 0.6) is 0 Å². The highest BCUT2D eigenvalue weighted by Crippen LogP contribution is 2.31. The number of guanidine groups is 1. The second kappa shape index (κ2) is 4.71. The average Bonchev–Trinajstić information content (AvgIpc) is 3.06. The van der Waals surface area contributed by atoms with Crippen molar-refractivity contribution in [1.29, 1.82) is 0 Å². The normalized spacial score (nSPS) is 26.2. The zero-order chi connectivity index (χ0) is 16.3. The number of anilines is 1. The Morgan fingerprint density at radius 3 is 2.70 bits per heavy atom. The third kappa shape index (κ3) is 1.92. The minimum Gasteiger partial charge on any atom is -0.325 e. The molecule has 0 spiro atoms. The summed E-state index contributed by atoms with van der Waals surface area (Å²) in [6, 6.07) is 5.49. The summed E-state index contributed by atoms with van der Waals surface area (Å²) in [5.41, 5.74) is 3.54. The Balaban J connectivity index is 1.71. The fourth-order valence-electron chi connectivity index (χ4n) is 3.42. The molecule has 0 radical (unpaired) electrons. The largest absolute Gasteiger partial charge is 0.325 e. The number of rotatable bonds is 1. The van der Waals surface area contributed by atoms with Crippen molar-refractivity contribution in [3.8, 4) is 0 Å². The number of carbonyl (C=O) groups is 2. The van der Waals surface area contributed by atoms with Gasteiger partial charge in [0, 0.05) is 25.8 Å². The van der Waals surface area contributed by atoms with Crippen molar-refractivity contribution in [2.24, 2.45) is 4.99 Å². The van der Waals surface area contributed by atoms with Crippen molar-refractivity contribution in [3.63, 3.8) is 0 Å². The number of urea groups is 1. The van der Waals surface area contributed by atoms with E-state index in [1.54, 1.807) is 7.05 Å². The van der Waals surface area contributed by atoms with E-state index in [0.29, 0.717) is 0 Å². The number of hydrogen-bond acceptors (Lipinski definition) is 5. The summed E-state index contributed by atoms with van der Waals surface area (Å²) in [6.07, 6.45) is -0.444. The minimum atomic E-state index is -0.444. The fraction of sp³-hybridized carbons (Fsp3) is 0.438. The number of aryl methyl sites for hydroxylation is 2. The Morgan fingerprint density at radius 1 is 1.17 bits per heavy atom. The first-order valence-electron chi connectivity index (χ1n) is 7.74. The molecule has 2 fully saturated rings. The van der Waals surface area contributed by atoms with E-state index in [-0.39, 0.29) is 11.9 Å². The van der Waals surface area contributed by atoms with Crippen molar-refractivity contribution >= 4 is 23.6 Å². The highest BCUT2D eigenvalue weighted by atomic mass is 16.2. The Labute approximate surface area is 134 Å². The molecule has 1 aromatic carbocycles. The first kappa shape index (κ1) is 14.0. The standard InChI is InChI=1S/C16H19N5O2/c1-9-4-5-11(8-10(9)2)20-6-7-21-12-13(17-15(20)21)19(3)16(23)18-14(12)22/h4-5,8,12-13H,6-7H2,1-3H3,(H,18,22,23). The van der Waals surface area contributed by atoms with Crippen molar-refractivity contribution in [2.75, 3.05) is 25.0 Å². The van der Waals surface area contributed by atoms with Crippen LogP contribution in [0.25, 0.3) is 0 Å². The number of aliphatic imine (C=N–C) groups is 1. The van der Waals surface area contributed by atoms with Crippen LogP contribution >= 0.6 is 0 Å². The van der Waals surface area contributed by atoms with Crippen LogP contribution in [0.3, 0.4) is 0 Å². The highest BCUT2D eigenvalue weighted by Gasteiger charge is 2.51. The molecule has 2 saturated heterocycles. The number of benzene rings is 1. The molecule has 3 amide bonds. The van der Waals surface area contributed by atoms with Gasteiger partial charge in [0.15, 0.2) is 12.2 Å². The van der Waals surface area contributed by atoms with Gasteiger partial charge in [-0.15, -0.1) is 0 Å². The molecule has 7 heteroatoms. The summed E-state index contributed by atoms with van der Waals surface area (Å²) in [4.78, 5) is 34.3. The van der Waals surface area contributed by atoms with Crippen LogP contribution in [0.1, 0.15) is 11.1 Å². The van der Waals surface area contributed by atoms with Crippen molar-refractivity contribution in [2.45, 2.75) is 26.1 Å². The zero-order valence-electron chi connectivity index (χ0n) is 13.4. The maximum Gasteiger partial charge on any atom is 0.325 e. The summed E-state index contributed by atoms with van der Waals surface area (Å²) in [5, 5.41) is 2.40. The number of nitrogens with zero attached hydrogens (tertiary/aromatic N) is 4. The van der Waals surface area contributed by atoms with Crippen LogP contribution in [-0.2, 0) is 4.79 Å². The first-order valence-corrected chi connectivity index (χ1v) is 7.74. The number of likely N-dealkylation sites (N-methyl/N-ethyl adjacent to an activating group) is 1. The number of hydrogen-bond donors (Lipinski definition) is 1. The second-order valence-electron chi connectivity index (χ2n) is 6.31. The molecule has 120 valence electrons. The van der Waals surface area contributed by atoms with E-state index in [2.05, 4.69) is 47.3 Å². The van der Waals surface area contributed by atoms with Crippen molar-refractivity contribution in [1.82, 2.24) is 15.1 Å². The lowest BCUT2D eigenvalue weighted by Crippen LogP contribution is -2.63. The lowest BCUT2D eigenvalue weighted by molar-refractivity contribution is -0.126. The second-order valence-corrected chi connectivity index (χ2v) is 6.31. The summed E-state index contributed by atoms with van der Waals surface area (Å²) in [6.45, 7) is 5.68. The molecule has 7 nitrogen and oxygen atoms in total. The van der Waals surface area contributed by atoms with E-state index in [0.717, 1.165) is 24.7 Å². The molecule has 0 bridgehead atoms. The van der Waals surface area contributed by atoms with Gasteiger partial charge in [-0.05, 0) is 37.1 Å². The SMILES string of the molecule is Cc1ccc(N2CCN3C2=NC2C3C(=O)NC(=O)N2C)cc1C. The van der Waals surface area contributed by atoms with Crippen LogP contribution in [-0.4, -0.2) is 60.0 Å². The van der Waals surface area contributed by atoms with E-state index in [4.69, 9.17) is 0 Å². The molecule has 1 aromatic rings. The maximum absolute atomic E-state index is 12.2. The molecular formula is C16H19N5O2. The maximum atomic E-state index is 12.2. The number of fused-ring (bicyclic) bond motifs is 3. The van der Waals surface area contributed by atoms with E-state index in [1.807, 2.05) is 4.90 Å². The Kier molecular flexibility index (Phi) is 2.88. The molecule has 23 heavy (non-hydrogen) atoms. The predicted molar refractivity (Wildman–Crippen MR) is 86.3 cm³/mol. The summed E-state index contributed by atoms with van der Waals surface area (Å²) in [7, 11) is 1.67. The molecule has 3 heterocycles. The van der Waals surface area contributed by atoms with E-state index < -0.39 is 12.2 Å². The molecule has 3 aliphatic heterocycles. The molecule has 3 aliphatic rings. The molecule has 2 atom stereocenters. The molecule has 0 saturated carbocycles. The summed E-state index contributed by atoms with van der Waals surface area (Å²) >= 11 is 0. The molecule has 4 rings (SSSR count). The van der Waals surface area contributed by atoms with E-state index >= 15 is 0 Å². The molecule has 2 unspecified atom stereocenters. The van der Waals surface area contributed by atoms with Crippen molar-refractivity contribution in [3.05, 3.63) is 29.3 Å². The highest BCUT2D eigenvalue weighted by molar-refractivity contribution is 6.07. The topological polar surface area (TPSA) is 68.2 Å². The van der Waals surface area contributed by atoms with Crippen molar-refractivity contribution < 1.29 is 9.59 Å². The van der Waals surface area contributed by atoms with Crippen LogP contribution < -0.4 is 10.2 Å². The van der Waals surface area contributed by atoms with Gasteiger partial charge >= 0.3 is 6.03 Å². The average molecular weight is 313 g/mol. The van der Waals surface area contributed by atoms with Gasteiger partial charge in [-0.1, -0.05) is 6.07 Å². The van der Waals surface area contributed by atoms with Crippen LogP contribution in [0, 0.1) is 13.8 Å². The van der Waals surface area contributed by atoms with Gasteiger partial charge in [0.1, 0.15) is 0 Å². The smallest absolute Gasteiger partial charge is 0.325 e. The third-order valence-corrected chi connectivity index (χ3v) is 4.95. The fourth-order valence-corrected chi connectivity index (χ4v) is 3.42. The van der Waals surface area contributed by atoms with E-state index in [1.165, 1.54) is 16.0 Å². The van der Waals surface area contributed by atoms with Crippen LogP contribution in [0.15, 0.2) is 23.2 Å². The molecule has 0 aromatic heterocycles. The third-order valence-electron chi connectivity index (χ3n) is 4.95. The summed E-state index contributed by atoms with van der Waals surface area (Å²) in [5.74, 6) is 0.513. The molecule has 0 aliphatic carbocycles. The van der Waals surface area contributed by atoms with Gasteiger partial charge in [0.05, 0.1) is 0 Å². The lowest BCUT2D eigenvalue weighted by atomic mass is 10.1. The summed E-state index contributed by atoms with van der Waals surface area (Å²) < 4.78 is 0. The lowest BCUT2D eigenvalue weighted by Gasteiger charge is -2.34. The number of imide groups is 1. The minimum absolute atomic E-state index is 0.265. The first-order chi connectivity index (χ1) is 11.0. The number of nitrogens with one attached hydrogen (secondary N) is 1. The Bertz CT molecular complexity index is 744. The van der Waals surface area contributed by atoms with Gasteiger partial charge in [-0.25, -0.2) is 9.79 Å². The van der Waals surface area contributed by atoms with Crippen LogP contribution in [0.4, 0.5) is 10.5 Å². The monoisotopic (exact) mass is 313 g/mol. The zero-order valence-corrected chi connectivity index (χ0v) is 13.4. The van der Waals surface area contributed by atoms with Crippen LogP contribution in [0.2, 0.25) is 0 Å².